The van der Waals surface area contributed by atoms with E-state index in [1.54, 1.807) is 22.9 Å². The Bertz CT molecular complexity index is 680. The summed E-state index contributed by atoms with van der Waals surface area (Å²) in [4.78, 5) is 12.3. The van der Waals surface area contributed by atoms with Gasteiger partial charge in [0.25, 0.3) is 5.91 Å². The molecule has 6 heteroatoms. The van der Waals surface area contributed by atoms with Crippen LogP contribution in [0.1, 0.15) is 27.3 Å². The van der Waals surface area contributed by atoms with Gasteiger partial charge >= 0.3 is 0 Å². The van der Waals surface area contributed by atoms with Crippen molar-refractivity contribution in [2.75, 3.05) is 7.11 Å². The molecule has 5 nitrogen and oxygen atoms in total. The van der Waals surface area contributed by atoms with Crippen molar-refractivity contribution in [2.24, 2.45) is 7.05 Å². The zero-order valence-corrected chi connectivity index (χ0v) is 13.3. The maximum Gasteiger partial charge on any atom is 0.255 e. The Kier molecular flexibility index (Phi) is 4.53. The number of halogens is 1. The fourth-order valence-electron chi connectivity index (χ4n) is 2.19. The zero-order valence-electron chi connectivity index (χ0n) is 12.5. The first-order chi connectivity index (χ1) is 9.93. The van der Waals surface area contributed by atoms with Crippen LogP contribution >= 0.6 is 11.6 Å². The lowest BCUT2D eigenvalue weighted by Gasteiger charge is -2.10. The summed E-state index contributed by atoms with van der Waals surface area (Å²) in [6, 6.07) is 4.96. The summed E-state index contributed by atoms with van der Waals surface area (Å²) >= 11 is 5.94. The molecular weight excluding hydrogens is 290 g/mol. The Morgan fingerprint density at radius 2 is 2.14 bits per heavy atom. The normalized spacial score (nSPS) is 10.5. The molecule has 2 rings (SSSR count). The first kappa shape index (κ1) is 15.4. The number of hydrogen-bond donors (Lipinski definition) is 1. The van der Waals surface area contributed by atoms with Crippen LogP contribution in [0.3, 0.4) is 0 Å². The summed E-state index contributed by atoms with van der Waals surface area (Å²) in [6.45, 7) is 4.32. The topological polar surface area (TPSA) is 56.1 Å². The van der Waals surface area contributed by atoms with E-state index in [0.717, 1.165) is 17.0 Å². The molecule has 0 aliphatic rings. The number of methoxy groups -OCH3 is 1. The van der Waals surface area contributed by atoms with Gasteiger partial charge in [0, 0.05) is 29.9 Å². The van der Waals surface area contributed by atoms with Crippen LogP contribution < -0.4 is 10.1 Å². The maximum atomic E-state index is 12.3. The fraction of sp³-hybridized carbons (Fsp3) is 0.333. The largest absolute Gasteiger partial charge is 0.496 e. The second-order valence-corrected chi connectivity index (χ2v) is 5.24. The molecule has 21 heavy (non-hydrogen) atoms. The summed E-state index contributed by atoms with van der Waals surface area (Å²) in [5, 5.41) is 7.71. The molecule has 0 unspecified atom stereocenters. The van der Waals surface area contributed by atoms with E-state index < -0.39 is 0 Å². The van der Waals surface area contributed by atoms with Gasteiger partial charge in [0.05, 0.1) is 18.4 Å². The molecule has 0 spiro atoms. The Morgan fingerprint density at radius 3 is 2.71 bits per heavy atom. The molecule has 1 N–H and O–H groups in total. The highest BCUT2D eigenvalue weighted by molar-refractivity contribution is 6.31. The molecule has 0 atom stereocenters. The van der Waals surface area contributed by atoms with E-state index in [1.165, 1.54) is 7.11 Å². The minimum Gasteiger partial charge on any atom is -0.496 e. The molecule has 1 aromatic heterocycles. The van der Waals surface area contributed by atoms with Crippen LogP contribution in [-0.2, 0) is 13.6 Å². The average Bonchev–Trinajstić information content (AvgIpc) is 2.70. The highest BCUT2D eigenvalue weighted by Crippen LogP contribution is 2.22. The van der Waals surface area contributed by atoms with Crippen LogP contribution in [0.15, 0.2) is 18.2 Å². The van der Waals surface area contributed by atoms with Crippen molar-refractivity contribution in [3.05, 3.63) is 45.7 Å². The van der Waals surface area contributed by atoms with Crippen LogP contribution in [-0.4, -0.2) is 22.8 Å². The Morgan fingerprint density at radius 1 is 1.43 bits per heavy atom. The summed E-state index contributed by atoms with van der Waals surface area (Å²) in [5.74, 6) is 0.272. The molecule has 0 aliphatic carbocycles. The van der Waals surface area contributed by atoms with Crippen LogP contribution in [0.5, 0.6) is 5.75 Å². The highest BCUT2D eigenvalue weighted by Gasteiger charge is 2.15. The molecule has 2 aromatic rings. The maximum absolute atomic E-state index is 12.3. The minimum atomic E-state index is -0.225. The fourth-order valence-corrected chi connectivity index (χ4v) is 2.37. The molecule has 0 saturated heterocycles. The molecule has 0 saturated carbocycles. The Labute approximate surface area is 128 Å². The van der Waals surface area contributed by atoms with E-state index in [1.807, 2.05) is 20.9 Å². The lowest BCUT2D eigenvalue weighted by Crippen LogP contribution is -2.24. The minimum absolute atomic E-state index is 0.225. The number of nitrogens with zero attached hydrogens (tertiary/aromatic N) is 2. The number of hydrogen-bond acceptors (Lipinski definition) is 3. The van der Waals surface area contributed by atoms with Gasteiger partial charge in [-0.05, 0) is 32.0 Å². The quantitative estimate of drug-likeness (QED) is 0.944. The predicted molar refractivity (Wildman–Crippen MR) is 81.9 cm³/mol. The Balaban J connectivity index is 2.17. The highest BCUT2D eigenvalue weighted by atomic mass is 35.5. The van der Waals surface area contributed by atoms with Gasteiger partial charge in [0.2, 0.25) is 0 Å². The summed E-state index contributed by atoms with van der Waals surface area (Å²) in [7, 11) is 3.41. The molecule has 0 aliphatic heterocycles. The van der Waals surface area contributed by atoms with Crippen LogP contribution in [0.4, 0.5) is 0 Å². The van der Waals surface area contributed by atoms with Crippen molar-refractivity contribution in [1.82, 2.24) is 15.1 Å². The third-order valence-electron chi connectivity index (χ3n) is 3.49. The molecular formula is C15H18ClN3O2. The number of aromatic nitrogens is 2. The van der Waals surface area contributed by atoms with Crippen molar-refractivity contribution in [2.45, 2.75) is 20.4 Å². The van der Waals surface area contributed by atoms with Crippen molar-refractivity contribution in [3.8, 4) is 5.75 Å². The summed E-state index contributed by atoms with van der Waals surface area (Å²) < 4.78 is 6.99. The first-order valence-electron chi connectivity index (χ1n) is 6.55. The van der Waals surface area contributed by atoms with Crippen LogP contribution in [0.2, 0.25) is 5.02 Å². The van der Waals surface area contributed by atoms with Gasteiger partial charge in [-0.3, -0.25) is 9.48 Å². The first-order valence-corrected chi connectivity index (χ1v) is 6.92. The van der Waals surface area contributed by atoms with E-state index in [4.69, 9.17) is 16.3 Å². The third-order valence-corrected chi connectivity index (χ3v) is 3.73. The molecule has 1 amide bonds. The zero-order chi connectivity index (χ0) is 15.6. The monoisotopic (exact) mass is 307 g/mol. The van der Waals surface area contributed by atoms with Gasteiger partial charge in [0.1, 0.15) is 5.75 Å². The van der Waals surface area contributed by atoms with Crippen molar-refractivity contribution in [3.63, 3.8) is 0 Å². The van der Waals surface area contributed by atoms with Gasteiger partial charge in [-0.15, -0.1) is 0 Å². The number of carbonyl (C=O) groups is 1. The number of rotatable bonds is 4. The van der Waals surface area contributed by atoms with E-state index in [9.17, 15) is 4.79 Å². The van der Waals surface area contributed by atoms with Crippen molar-refractivity contribution >= 4 is 17.5 Å². The van der Waals surface area contributed by atoms with Gasteiger partial charge < -0.3 is 10.1 Å². The molecule has 0 bridgehead atoms. The standard InChI is InChI=1S/C15H18ClN3O2/c1-9-13(10(2)19(3)18-9)8-17-15(20)12-7-11(16)5-6-14(12)21-4/h5-7H,8H2,1-4H3,(H,17,20). The van der Waals surface area contributed by atoms with Gasteiger partial charge in [0.15, 0.2) is 0 Å². The SMILES string of the molecule is COc1ccc(Cl)cc1C(=O)NCc1c(C)nn(C)c1C. The van der Waals surface area contributed by atoms with E-state index in [2.05, 4.69) is 10.4 Å². The molecule has 1 heterocycles. The molecule has 0 radical (unpaired) electrons. The Hall–Kier alpha value is -2.01. The number of nitrogens with one attached hydrogen (secondary N) is 1. The van der Waals surface area contributed by atoms with E-state index in [0.29, 0.717) is 22.9 Å². The second-order valence-electron chi connectivity index (χ2n) is 4.80. The number of amides is 1. The van der Waals surface area contributed by atoms with Crippen LogP contribution in [0.25, 0.3) is 0 Å². The lowest BCUT2D eigenvalue weighted by atomic mass is 10.1. The number of benzene rings is 1. The second kappa shape index (κ2) is 6.18. The third kappa shape index (κ3) is 3.19. The predicted octanol–water partition coefficient (Wildman–Crippen LogP) is 2.63. The van der Waals surface area contributed by atoms with Gasteiger partial charge in [-0.1, -0.05) is 11.6 Å². The van der Waals surface area contributed by atoms with Crippen molar-refractivity contribution in [1.29, 1.82) is 0 Å². The van der Waals surface area contributed by atoms with Gasteiger partial charge in [-0.2, -0.15) is 5.10 Å². The van der Waals surface area contributed by atoms with E-state index >= 15 is 0 Å². The summed E-state index contributed by atoms with van der Waals surface area (Å²) in [6.07, 6.45) is 0. The van der Waals surface area contributed by atoms with Gasteiger partial charge in [-0.25, -0.2) is 0 Å². The van der Waals surface area contributed by atoms with E-state index in [-0.39, 0.29) is 5.91 Å². The number of carbonyl (C=O) groups excluding carboxylic acids is 1. The summed E-state index contributed by atoms with van der Waals surface area (Å²) in [5.41, 5.74) is 3.38. The lowest BCUT2D eigenvalue weighted by molar-refractivity contribution is 0.0948. The molecule has 0 fully saturated rings. The smallest absolute Gasteiger partial charge is 0.255 e. The van der Waals surface area contributed by atoms with Crippen molar-refractivity contribution < 1.29 is 9.53 Å². The number of ether oxygens (including phenoxy) is 1. The van der Waals surface area contributed by atoms with Crippen LogP contribution in [0, 0.1) is 13.8 Å². The molecule has 112 valence electrons. The number of aryl methyl sites for hydroxylation is 2. The average molecular weight is 308 g/mol. The molecule has 1 aromatic carbocycles.